The minimum Gasteiger partial charge on any atom is -0.358 e. The molecule has 1 aliphatic rings. The highest BCUT2D eigenvalue weighted by molar-refractivity contribution is 5.98. The van der Waals surface area contributed by atoms with Crippen LogP contribution in [0.25, 0.3) is 22.0 Å². The number of carbonyl (C=O) groups is 1. The predicted octanol–water partition coefficient (Wildman–Crippen LogP) is 4.64. The van der Waals surface area contributed by atoms with Crippen LogP contribution in [0.2, 0.25) is 0 Å². The molecular weight excluding hydrogens is 360 g/mol. The Bertz CT molecular complexity index is 1140. The Balaban J connectivity index is 1.53. The second-order valence-corrected chi connectivity index (χ2v) is 7.50. The number of piperidine rings is 1. The van der Waals surface area contributed by atoms with Gasteiger partial charge in [-0.1, -0.05) is 24.3 Å². The Morgan fingerprint density at radius 1 is 1.00 bits per heavy atom. The number of benzene rings is 1. The summed E-state index contributed by atoms with van der Waals surface area (Å²) in [6.07, 6.45) is 7.37. The predicted molar refractivity (Wildman–Crippen MR) is 114 cm³/mol. The van der Waals surface area contributed by atoms with E-state index in [1.807, 2.05) is 29.4 Å². The monoisotopic (exact) mass is 382 g/mol. The largest absolute Gasteiger partial charge is 0.358 e. The first-order valence-electron chi connectivity index (χ1n) is 10.0. The molecule has 1 amide bonds. The SMILES string of the molecule is O=C(c1ccccn1)N1CCC[C@@H](c2[nH]c3ccccc3c2-c2ccncc2)C1. The summed E-state index contributed by atoms with van der Waals surface area (Å²) in [6.45, 7) is 1.47. The molecule has 4 heterocycles. The zero-order valence-electron chi connectivity index (χ0n) is 16.1. The second-order valence-electron chi connectivity index (χ2n) is 7.50. The number of amides is 1. The van der Waals surface area contributed by atoms with Gasteiger partial charge in [-0.3, -0.25) is 14.8 Å². The van der Waals surface area contributed by atoms with Gasteiger partial charge in [-0.05, 0) is 48.7 Å². The smallest absolute Gasteiger partial charge is 0.272 e. The fourth-order valence-electron chi connectivity index (χ4n) is 4.35. The van der Waals surface area contributed by atoms with Crippen LogP contribution in [0.4, 0.5) is 0 Å². The van der Waals surface area contributed by atoms with Crippen molar-refractivity contribution in [3.8, 4) is 11.1 Å². The van der Waals surface area contributed by atoms with Crippen molar-refractivity contribution < 1.29 is 4.79 Å². The molecule has 1 aromatic carbocycles. The van der Waals surface area contributed by atoms with E-state index >= 15 is 0 Å². The van der Waals surface area contributed by atoms with Crippen LogP contribution in [0.5, 0.6) is 0 Å². The van der Waals surface area contributed by atoms with Crippen molar-refractivity contribution in [1.82, 2.24) is 19.9 Å². The van der Waals surface area contributed by atoms with E-state index in [0.717, 1.165) is 30.5 Å². The fourth-order valence-corrected chi connectivity index (χ4v) is 4.35. The van der Waals surface area contributed by atoms with Crippen molar-refractivity contribution in [3.05, 3.63) is 84.6 Å². The van der Waals surface area contributed by atoms with Gasteiger partial charge < -0.3 is 9.88 Å². The van der Waals surface area contributed by atoms with Gasteiger partial charge in [0.25, 0.3) is 5.91 Å². The molecule has 3 aromatic heterocycles. The van der Waals surface area contributed by atoms with Gasteiger partial charge in [0.2, 0.25) is 0 Å². The zero-order chi connectivity index (χ0) is 19.6. The molecule has 0 bridgehead atoms. The molecule has 29 heavy (non-hydrogen) atoms. The van der Waals surface area contributed by atoms with Gasteiger partial charge in [-0.15, -0.1) is 0 Å². The maximum absolute atomic E-state index is 12.9. The number of hydrogen-bond acceptors (Lipinski definition) is 3. The first-order chi connectivity index (χ1) is 14.3. The zero-order valence-corrected chi connectivity index (χ0v) is 16.1. The lowest BCUT2D eigenvalue weighted by molar-refractivity contribution is 0.0700. The van der Waals surface area contributed by atoms with Crippen LogP contribution in [-0.2, 0) is 0 Å². The second kappa shape index (κ2) is 7.51. The number of nitrogens with one attached hydrogen (secondary N) is 1. The van der Waals surface area contributed by atoms with Crippen LogP contribution in [0.3, 0.4) is 0 Å². The first kappa shape index (κ1) is 17.6. The van der Waals surface area contributed by atoms with Gasteiger partial charge in [0, 0.05) is 59.8 Å². The summed E-state index contributed by atoms with van der Waals surface area (Å²) in [6, 6.07) is 18.0. The van der Waals surface area contributed by atoms with E-state index in [1.54, 1.807) is 12.3 Å². The topological polar surface area (TPSA) is 61.9 Å². The Labute approximate surface area is 169 Å². The van der Waals surface area contributed by atoms with Gasteiger partial charge >= 0.3 is 0 Å². The minimum absolute atomic E-state index is 0.0110. The summed E-state index contributed by atoms with van der Waals surface area (Å²) in [4.78, 5) is 27.0. The third-order valence-electron chi connectivity index (χ3n) is 5.70. The number of hydrogen-bond donors (Lipinski definition) is 1. The van der Waals surface area contributed by atoms with Crippen molar-refractivity contribution in [3.63, 3.8) is 0 Å². The summed E-state index contributed by atoms with van der Waals surface area (Å²) >= 11 is 0. The summed E-state index contributed by atoms with van der Waals surface area (Å²) in [5, 5.41) is 1.21. The highest BCUT2D eigenvalue weighted by atomic mass is 16.2. The van der Waals surface area contributed by atoms with E-state index < -0.39 is 0 Å². The normalized spacial score (nSPS) is 16.8. The summed E-state index contributed by atoms with van der Waals surface area (Å²) in [7, 11) is 0. The van der Waals surface area contributed by atoms with Gasteiger partial charge in [0.05, 0.1) is 0 Å². The Kier molecular flexibility index (Phi) is 4.56. The van der Waals surface area contributed by atoms with Gasteiger partial charge in [0.1, 0.15) is 5.69 Å². The van der Waals surface area contributed by atoms with E-state index in [1.165, 1.54) is 16.6 Å². The van der Waals surface area contributed by atoms with Crippen molar-refractivity contribution in [2.75, 3.05) is 13.1 Å². The number of pyridine rings is 2. The Morgan fingerprint density at radius 2 is 1.83 bits per heavy atom. The highest BCUT2D eigenvalue weighted by Gasteiger charge is 2.29. The number of aromatic amines is 1. The van der Waals surface area contributed by atoms with Crippen molar-refractivity contribution >= 4 is 16.8 Å². The third-order valence-corrected chi connectivity index (χ3v) is 5.70. The van der Waals surface area contributed by atoms with E-state index in [-0.39, 0.29) is 11.8 Å². The highest BCUT2D eigenvalue weighted by Crippen LogP contribution is 2.39. The van der Waals surface area contributed by atoms with Gasteiger partial charge in [0.15, 0.2) is 0 Å². The number of H-pyrrole nitrogens is 1. The molecule has 0 aliphatic carbocycles. The molecule has 144 valence electrons. The molecule has 5 heteroatoms. The Morgan fingerprint density at radius 3 is 2.66 bits per heavy atom. The van der Waals surface area contributed by atoms with Crippen LogP contribution in [0, 0.1) is 0 Å². The minimum atomic E-state index is 0.0110. The molecular formula is C24H22N4O. The van der Waals surface area contributed by atoms with Gasteiger partial charge in [-0.25, -0.2) is 0 Å². The number of nitrogens with zero attached hydrogens (tertiary/aromatic N) is 3. The quantitative estimate of drug-likeness (QED) is 0.561. The van der Waals surface area contributed by atoms with E-state index in [0.29, 0.717) is 12.2 Å². The van der Waals surface area contributed by atoms with E-state index in [2.05, 4.69) is 51.4 Å². The number of para-hydroxylation sites is 1. The third kappa shape index (κ3) is 3.29. The summed E-state index contributed by atoms with van der Waals surface area (Å²) in [5.41, 5.74) is 5.22. The summed E-state index contributed by atoms with van der Waals surface area (Å²) in [5.74, 6) is 0.267. The van der Waals surface area contributed by atoms with Crippen LogP contribution in [0.1, 0.15) is 34.9 Å². The van der Waals surface area contributed by atoms with Gasteiger partial charge in [-0.2, -0.15) is 0 Å². The molecule has 5 rings (SSSR count). The van der Waals surface area contributed by atoms with Crippen LogP contribution in [-0.4, -0.2) is 38.8 Å². The lowest BCUT2D eigenvalue weighted by Gasteiger charge is -2.32. The average Bonchev–Trinajstić information content (AvgIpc) is 3.19. The number of likely N-dealkylation sites (tertiary alicyclic amines) is 1. The number of fused-ring (bicyclic) bond motifs is 1. The van der Waals surface area contributed by atoms with E-state index in [4.69, 9.17) is 0 Å². The molecule has 4 aromatic rings. The molecule has 0 unspecified atom stereocenters. The summed E-state index contributed by atoms with van der Waals surface area (Å²) < 4.78 is 0. The maximum Gasteiger partial charge on any atom is 0.272 e. The van der Waals surface area contributed by atoms with Crippen molar-refractivity contribution in [2.45, 2.75) is 18.8 Å². The van der Waals surface area contributed by atoms with E-state index in [9.17, 15) is 4.79 Å². The Hall–Kier alpha value is -3.47. The fraction of sp³-hybridized carbons (Fsp3) is 0.208. The lowest BCUT2D eigenvalue weighted by atomic mass is 9.89. The van der Waals surface area contributed by atoms with Crippen molar-refractivity contribution in [2.24, 2.45) is 0 Å². The molecule has 0 saturated carbocycles. The molecule has 1 fully saturated rings. The van der Waals surface area contributed by atoms with Crippen LogP contribution in [0.15, 0.2) is 73.2 Å². The molecule has 1 atom stereocenters. The molecule has 1 saturated heterocycles. The number of rotatable bonds is 3. The first-order valence-corrected chi connectivity index (χ1v) is 10.0. The lowest BCUT2D eigenvalue weighted by Crippen LogP contribution is -2.39. The molecule has 5 nitrogen and oxygen atoms in total. The number of carbonyl (C=O) groups excluding carboxylic acids is 1. The maximum atomic E-state index is 12.9. The van der Waals surface area contributed by atoms with Crippen molar-refractivity contribution in [1.29, 1.82) is 0 Å². The van der Waals surface area contributed by atoms with Crippen LogP contribution < -0.4 is 0 Å². The van der Waals surface area contributed by atoms with Crippen LogP contribution >= 0.6 is 0 Å². The number of aromatic nitrogens is 3. The molecule has 0 spiro atoms. The standard InChI is InChI=1S/C24H22N4O/c29-24(21-9-3-4-12-26-21)28-15-5-6-18(16-28)23-22(17-10-13-25-14-11-17)19-7-1-2-8-20(19)27-23/h1-4,7-14,18,27H,5-6,15-16H2/t18-/m1/s1. The average molecular weight is 382 g/mol. The molecule has 1 N–H and O–H groups in total. The molecule has 1 aliphatic heterocycles. The molecule has 0 radical (unpaired) electrons.